The molecule has 6 nitrogen and oxygen atoms in total. The van der Waals surface area contributed by atoms with Crippen LogP contribution in [0.2, 0.25) is 0 Å². The molecule has 1 heterocycles. The van der Waals surface area contributed by atoms with Crippen LogP contribution in [0.5, 0.6) is 5.75 Å². The maximum Gasteiger partial charge on any atom is 0.410 e. The van der Waals surface area contributed by atoms with Crippen molar-refractivity contribution < 1.29 is 24.1 Å². The van der Waals surface area contributed by atoms with Gasteiger partial charge >= 0.3 is 6.09 Å². The van der Waals surface area contributed by atoms with Crippen LogP contribution in [0.25, 0.3) is 0 Å². The number of morpholine rings is 1. The Hall–Kier alpha value is -1.79. The maximum absolute atomic E-state index is 12.2. The normalized spacial score (nSPS) is 23.3. The van der Waals surface area contributed by atoms with E-state index in [1.807, 2.05) is 39.0 Å². The summed E-state index contributed by atoms with van der Waals surface area (Å²) in [4.78, 5) is 13.9. The number of hydrogen-bond donors (Lipinski definition) is 1. The molecule has 1 aromatic carbocycles. The lowest BCUT2D eigenvalue weighted by molar-refractivity contribution is -0.0557. The Labute approximate surface area is 148 Å². The summed E-state index contributed by atoms with van der Waals surface area (Å²) >= 11 is 0. The average Bonchev–Trinajstić information content (AvgIpc) is 2.94. The standard InChI is InChI=1S/C19H27NO5/c1-19(2,3)25-18(22)20-9-10-23-13(11-20)12-24-17-6-4-5-14-15(17)7-8-16(14)21/h4-6,13,16,21H,7-12H2,1-3H3/t13-,16?/m1/s1. The summed E-state index contributed by atoms with van der Waals surface area (Å²) in [6.45, 7) is 7.39. The van der Waals surface area contributed by atoms with Crippen LogP contribution in [-0.4, -0.2) is 54.1 Å². The van der Waals surface area contributed by atoms with Crippen molar-refractivity contribution in [2.45, 2.75) is 51.4 Å². The molecule has 0 radical (unpaired) electrons. The molecule has 3 rings (SSSR count). The fourth-order valence-corrected chi connectivity index (χ4v) is 3.23. The molecule has 1 aliphatic carbocycles. The summed E-state index contributed by atoms with van der Waals surface area (Å²) in [6.07, 6.45) is 0.657. The molecule has 0 saturated carbocycles. The topological polar surface area (TPSA) is 68.2 Å². The Morgan fingerprint density at radius 3 is 2.96 bits per heavy atom. The summed E-state index contributed by atoms with van der Waals surface area (Å²) in [7, 11) is 0. The first-order chi connectivity index (χ1) is 11.8. The largest absolute Gasteiger partial charge is 0.491 e. The van der Waals surface area contributed by atoms with Gasteiger partial charge in [0, 0.05) is 12.1 Å². The third-order valence-electron chi connectivity index (χ3n) is 4.41. The predicted molar refractivity (Wildman–Crippen MR) is 92.8 cm³/mol. The van der Waals surface area contributed by atoms with E-state index in [0.717, 1.165) is 29.7 Å². The van der Waals surface area contributed by atoms with Gasteiger partial charge in [-0.1, -0.05) is 12.1 Å². The van der Waals surface area contributed by atoms with E-state index in [0.29, 0.717) is 26.3 Å². The number of carbonyl (C=O) groups excluding carboxylic acids is 1. The minimum atomic E-state index is -0.507. The van der Waals surface area contributed by atoms with Crippen LogP contribution in [-0.2, 0) is 15.9 Å². The lowest BCUT2D eigenvalue weighted by atomic mass is 10.1. The number of ether oxygens (including phenoxy) is 3. The van der Waals surface area contributed by atoms with Gasteiger partial charge in [0.25, 0.3) is 0 Å². The number of fused-ring (bicyclic) bond motifs is 1. The maximum atomic E-state index is 12.2. The number of carbonyl (C=O) groups is 1. The smallest absolute Gasteiger partial charge is 0.410 e. The average molecular weight is 349 g/mol. The second-order valence-corrected chi connectivity index (χ2v) is 7.61. The van der Waals surface area contributed by atoms with Gasteiger partial charge in [-0.15, -0.1) is 0 Å². The van der Waals surface area contributed by atoms with E-state index >= 15 is 0 Å². The molecule has 1 fully saturated rings. The van der Waals surface area contributed by atoms with Crippen molar-refractivity contribution in [2.75, 3.05) is 26.3 Å². The summed E-state index contributed by atoms with van der Waals surface area (Å²) in [5.41, 5.74) is 1.53. The molecule has 1 saturated heterocycles. The third-order valence-corrected chi connectivity index (χ3v) is 4.41. The first kappa shape index (κ1) is 18.0. The van der Waals surface area contributed by atoms with Gasteiger partial charge in [0.2, 0.25) is 0 Å². The lowest BCUT2D eigenvalue weighted by Crippen LogP contribution is -2.49. The number of aliphatic hydroxyl groups excluding tert-OH is 1. The molecular weight excluding hydrogens is 322 g/mol. The van der Waals surface area contributed by atoms with Crippen LogP contribution in [0.4, 0.5) is 4.79 Å². The van der Waals surface area contributed by atoms with Crippen molar-refractivity contribution in [3.8, 4) is 5.75 Å². The first-order valence-corrected chi connectivity index (χ1v) is 8.85. The van der Waals surface area contributed by atoms with Gasteiger partial charge in [0.1, 0.15) is 24.1 Å². The number of rotatable bonds is 3. The van der Waals surface area contributed by atoms with Crippen LogP contribution in [0.1, 0.15) is 44.4 Å². The zero-order valence-corrected chi connectivity index (χ0v) is 15.2. The number of nitrogens with zero attached hydrogens (tertiary/aromatic N) is 1. The Bertz CT molecular complexity index is 625. The fourth-order valence-electron chi connectivity index (χ4n) is 3.23. The zero-order chi connectivity index (χ0) is 18.0. The SMILES string of the molecule is CC(C)(C)OC(=O)N1CCO[C@@H](COc2cccc3c2CCC3O)C1. The number of amides is 1. The highest BCUT2D eigenvalue weighted by atomic mass is 16.6. The minimum Gasteiger partial charge on any atom is -0.491 e. The molecule has 0 spiro atoms. The molecule has 0 aromatic heterocycles. The van der Waals surface area contributed by atoms with Gasteiger partial charge in [-0.3, -0.25) is 0 Å². The van der Waals surface area contributed by atoms with Crippen molar-refractivity contribution >= 4 is 6.09 Å². The summed E-state index contributed by atoms with van der Waals surface area (Å²) < 4.78 is 17.1. The van der Waals surface area contributed by atoms with Gasteiger partial charge in [-0.05, 0) is 45.2 Å². The van der Waals surface area contributed by atoms with E-state index in [2.05, 4.69) is 0 Å². The van der Waals surface area contributed by atoms with Gasteiger partial charge in [0.15, 0.2) is 0 Å². The summed E-state index contributed by atoms with van der Waals surface area (Å²) in [6, 6.07) is 5.77. The second kappa shape index (κ2) is 7.22. The van der Waals surface area contributed by atoms with E-state index in [1.165, 1.54) is 0 Å². The molecule has 1 N–H and O–H groups in total. The second-order valence-electron chi connectivity index (χ2n) is 7.61. The molecular formula is C19H27NO5. The quantitative estimate of drug-likeness (QED) is 0.909. The zero-order valence-electron chi connectivity index (χ0n) is 15.2. The molecule has 0 bridgehead atoms. The van der Waals surface area contributed by atoms with E-state index in [-0.39, 0.29) is 12.2 Å². The third kappa shape index (κ3) is 4.44. The van der Waals surface area contributed by atoms with E-state index in [4.69, 9.17) is 14.2 Å². The van der Waals surface area contributed by atoms with Crippen LogP contribution in [0.3, 0.4) is 0 Å². The van der Waals surface area contributed by atoms with Gasteiger partial charge in [0.05, 0.1) is 19.3 Å². The highest BCUT2D eigenvalue weighted by molar-refractivity contribution is 5.68. The van der Waals surface area contributed by atoms with E-state index in [9.17, 15) is 9.90 Å². The van der Waals surface area contributed by atoms with Crippen molar-refractivity contribution in [3.05, 3.63) is 29.3 Å². The molecule has 6 heteroatoms. The summed E-state index contributed by atoms with van der Waals surface area (Å²) in [5, 5.41) is 9.97. The number of aliphatic hydroxyl groups is 1. The van der Waals surface area contributed by atoms with E-state index in [1.54, 1.807) is 4.90 Å². The van der Waals surface area contributed by atoms with Crippen molar-refractivity contribution in [3.63, 3.8) is 0 Å². The molecule has 1 aliphatic heterocycles. The molecule has 1 unspecified atom stereocenters. The van der Waals surface area contributed by atoms with Crippen LogP contribution < -0.4 is 4.74 Å². The lowest BCUT2D eigenvalue weighted by Gasteiger charge is -2.34. The molecule has 138 valence electrons. The van der Waals surface area contributed by atoms with Gasteiger partial charge < -0.3 is 24.2 Å². The van der Waals surface area contributed by atoms with Crippen molar-refractivity contribution in [2.24, 2.45) is 0 Å². The van der Waals surface area contributed by atoms with Crippen molar-refractivity contribution in [1.29, 1.82) is 0 Å². The highest BCUT2D eigenvalue weighted by Gasteiger charge is 2.29. The molecule has 1 amide bonds. The Kier molecular flexibility index (Phi) is 5.20. The predicted octanol–water partition coefficient (Wildman–Crippen LogP) is 2.68. The van der Waals surface area contributed by atoms with Crippen LogP contribution >= 0.6 is 0 Å². The van der Waals surface area contributed by atoms with Gasteiger partial charge in [-0.2, -0.15) is 0 Å². The monoisotopic (exact) mass is 349 g/mol. The molecule has 2 atom stereocenters. The highest BCUT2D eigenvalue weighted by Crippen LogP contribution is 2.36. The summed E-state index contributed by atoms with van der Waals surface area (Å²) in [5.74, 6) is 0.798. The number of hydrogen-bond acceptors (Lipinski definition) is 5. The van der Waals surface area contributed by atoms with Crippen LogP contribution in [0, 0.1) is 0 Å². The molecule has 1 aromatic rings. The van der Waals surface area contributed by atoms with E-state index < -0.39 is 11.7 Å². The number of benzene rings is 1. The van der Waals surface area contributed by atoms with Crippen LogP contribution in [0.15, 0.2) is 18.2 Å². The first-order valence-electron chi connectivity index (χ1n) is 8.85. The van der Waals surface area contributed by atoms with Crippen molar-refractivity contribution in [1.82, 2.24) is 4.90 Å². The Balaban J connectivity index is 1.56. The molecule has 2 aliphatic rings. The Morgan fingerprint density at radius 2 is 2.20 bits per heavy atom. The van der Waals surface area contributed by atoms with Gasteiger partial charge in [-0.25, -0.2) is 4.79 Å². The molecule has 25 heavy (non-hydrogen) atoms. The Morgan fingerprint density at radius 1 is 1.40 bits per heavy atom. The fraction of sp³-hybridized carbons (Fsp3) is 0.632. The minimum absolute atomic E-state index is 0.191.